The summed E-state index contributed by atoms with van der Waals surface area (Å²) < 4.78 is 0. The molecule has 13 nitrogen and oxygen atoms in total. The number of carbonyl (C=O) groups excluding carboxylic acids is 5. The Balaban J connectivity index is 0.000000238. The number of amides is 3. The lowest BCUT2D eigenvalue weighted by atomic mass is 9.84. The predicted molar refractivity (Wildman–Crippen MR) is 192 cm³/mol. The number of nitrogens with zero attached hydrogens (tertiary/aromatic N) is 5. The molecule has 0 saturated carbocycles. The van der Waals surface area contributed by atoms with Gasteiger partial charge in [0.15, 0.2) is 5.69 Å². The highest BCUT2D eigenvalue weighted by atomic mass is 32.1. The Bertz CT molecular complexity index is 1750. The Morgan fingerprint density at radius 3 is 1.75 bits per heavy atom. The van der Waals surface area contributed by atoms with E-state index in [4.69, 9.17) is 5.11 Å². The SMILES string of the molecule is CCC(C)(C)C(=O)C(=O)N1CCC[C@H]1c1nc(C(=O)NCc2cccnc2)cs1.CCC(C)(C)C(=O)C(=O)N1CCC[C@H]1c1nc(C(=O)O)cs1. The van der Waals surface area contributed by atoms with Crippen LogP contribution in [0.3, 0.4) is 0 Å². The van der Waals surface area contributed by atoms with Crippen molar-refractivity contribution >= 4 is 57.9 Å². The van der Waals surface area contributed by atoms with Gasteiger partial charge in [0.25, 0.3) is 17.7 Å². The van der Waals surface area contributed by atoms with E-state index in [1.165, 1.54) is 28.1 Å². The van der Waals surface area contributed by atoms with Crippen molar-refractivity contribution < 1.29 is 33.9 Å². The molecule has 0 radical (unpaired) electrons. The second-order valence-electron chi connectivity index (χ2n) is 13.9. The van der Waals surface area contributed by atoms with Gasteiger partial charge >= 0.3 is 5.97 Å². The zero-order chi connectivity index (χ0) is 37.5. The number of nitrogens with one attached hydrogen (secondary N) is 1. The number of thiazole rings is 2. The number of ketones is 2. The number of carboxylic acids is 1. The van der Waals surface area contributed by atoms with E-state index < -0.39 is 34.4 Å². The van der Waals surface area contributed by atoms with E-state index in [0.29, 0.717) is 54.6 Å². The number of pyridine rings is 1. The predicted octanol–water partition coefficient (Wildman–Crippen LogP) is 5.65. The molecule has 5 rings (SSSR count). The molecule has 2 N–H and O–H groups in total. The summed E-state index contributed by atoms with van der Waals surface area (Å²) in [6.45, 7) is 12.3. The molecule has 3 aromatic heterocycles. The number of Topliss-reactive ketones (excluding diaryl/α,β-unsaturated/α-hetero) is 2. The third-order valence-electron chi connectivity index (χ3n) is 9.65. The molecule has 15 heteroatoms. The second-order valence-corrected chi connectivity index (χ2v) is 15.7. The molecule has 0 aromatic carbocycles. The molecule has 2 aliphatic heterocycles. The monoisotopic (exact) mass is 738 g/mol. The van der Waals surface area contributed by atoms with Gasteiger partial charge in [0.05, 0.1) is 12.1 Å². The first-order valence-corrected chi connectivity index (χ1v) is 18.9. The largest absolute Gasteiger partial charge is 0.476 e. The van der Waals surface area contributed by atoms with E-state index in [-0.39, 0.29) is 29.5 Å². The van der Waals surface area contributed by atoms with Gasteiger partial charge in [-0.3, -0.25) is 29.0 Å². The summed E-state index contributed by atoms with van der Waals surface area (Å²) in [6.07, 6.45) is 7.64. The van der Waals surface area contributed by atoms with Crippen LogP contribution in [-0.2, 0) is 25.7 Å². The molecular formula is C36H46N6O7S2. The molecule has 2 atom stereocenters. The van der Waals surface area contributed by atoms with Crippen molar-refractivity contribution in [2.24, 2.45) is 10.8 Å². The minimum Gasteiger partial charge on any atom is -0.476 e. The maximum Gasteiger partial charge on any atom is 0.355 e. The lowest BCUT2D eigenvalue weighted by Crippen LogP contribution is -2.42. The van der Waals surface area contributed by atoms with Crippen molar-refractivity contribution in [3.05, 3.63) is 62.3 Å². The quantitative estimate of drug-likeness (QED) is 0.221. The highest BCUT2D eigenvalue weighted by Gasteiger charge is 2.41. The van der Waals surface area contributed by atoms with E-state index in [2.05, 4.69) is 20.3 Å². The van der Waals surface area contributed by atoms with E-state index >= 15 is 0 Å². The Morgan fingerprint density at radius 2 is 1.31 bits per heavy atom. The molecule has 274 valence electrons. The van der Waals surface area contributed by atoms with Crippen LogP contribution in [0.25, 0.3) is 0 Å². The molecule has 5 heterocycles. The molecule has 3 amide bonds. The summed E-state index contributed by atoms with van der Waals surface area (Å²) in [4.78, 5) is 89.4. The minimum absolute atomic E-state index is 0.0143. The number of rotatable bonds is 12. The van der Waals surface area contributed by atoms with Crippen molar-refractivity contribution in [3.63, 3.8) is 0 Å². The van der Waals surface area contributed by atoms with Gasteiger partial charge < -0.3 is 20.2 Å². The molecule has 3 aromatic rings. The molecule has 2 aliphatic rings. The first kappa shape index (κ1) is 39.4. The summed E-state index contributed by atoms with van der Waals surface area (Å²) in [7, 11) is 0. The maximum absolute atomic E-state index is 12.8. The summed E-state index contributed by atoms with van der Waals surface area (Å²) in [5.74, 6) is -3.04. The zero-order valence-electron chi connectivity index (χ0n) is 29.9. The van der Waals surface area contributed by atoms with Crippen LogP contribution in [0.1, 0.15) is 129 Å². The standard InChI is InChI=1S/C21H26N4O3S.C15H20N2O4S/c1-4-21(2,3)17(26)20(28)25-10-6-8-16(25)19-24-15(13-29-19)18(27)23-12-14-7-5-9-22-11-14;1-4-15(2,3)11(18)13(19)17-7-5-6-10(17)12-16-9(8-22-12)14(20)21/h5,7,9,11,13,16H,4,6,8,10,12H2,1-3H3,(H,23,27);8,10H,4-7H2,1-3H3,(H,20,21)/t16-;10-/m00/s1. The minimum atomic E-state index is -1.08. The second kappa shape index (κ2) is 16.8. The van der Waals surface area contributed by atoms with Crippen molar-refractivity contribution in [2.75, 3.05) is 13.1 Å². The fourth-order valence-electron chi connectivity index (χ4n) is 5.55. The van der Waals surface area contributed by atoms with E-state index in [1.54, 1.807) is 55.3 Å². The number of hydrogen-bond acceptors (Lipinski definition) is 11. The van der Waals surface area contributed by atoms with Gasteiger partial charge in [-0.15, -0.1) is 22.7 Å². The molecule has 0 spiro atoms. The van der Waals surface area contributed by atoms with Crippen LogP contribution in [0.4, 0.5) is 0 Å². The number of aromatic nitrogens is 3. The van der Waals surface area contributed by atoms with Crippen LogP contribution in [0.15, 0.2) is 35.3 Å². The molecule has 2 fully saturated rings. The van der Waals surface area contributed by atoms with E-state index in [1.807, 2.05) is 26.0 Å². The Kier molecular flexibility index (Phi) is 13.0. The lowest BCUT2D eigenvalue weighted by molar-refractivity contribution is -0.149. The first-order valence-electron chi connectivity index (χ1n) is 17.1. The number of aromatic carboxylic acids is 1. The van der Waals surface area contributed by atoms with Crippen LogP contribution in [-0.4, -0.2) is 78.2 Å². The summed E-state index contributed by atoms with van der Waals surface area (Å²) in [6, 6.07) is 3.16. The molecule has 51 heavy (non-hydrogen) atoms. The van der Waals surface area contributed by atoms with Gasteiger partial charge in [-0.05, 0) is 50.2 Å². The van der Waals surface area contributed by atoms with Gasteiger partial charge in [-0.1, -0.05) is 47.6 Å². The fourth-order valence-corrected chi connectivity index (χ4v) is 7.44. The zero-order valence-corrected chi connectivity index (χ0v) is 31.6. The Labute approximate surface area is 305 Å². The van der Waals surface area contributed by atoms with E-state index in [9.17, 15) is 28.8 Å². The normalized spacial score (nSPS) is 17.5. The van der Waals surface area contributed by atoms with Crippen molar-refractivity contribution in [3.8, 4) is 0 Å². The van der Waals surface area contributed by atoms with Gasteiger partial charge in [-0.25, -0.2) is 14.8 Å². The molecule has 0 bridgehead atoms. The van der Waals surface area contributed by atoms with E-state index in [0.717, 1.165) is 24.8 Å². The van der Waals surface area contributed by atoms with Crippen LogP contribution in [0.2, 0.25) is 0 Å². The van der Waals surface area contributed by atoms with Gasteiger partial charge in [0.2, 0.25) is 11.6 Å². The summed E-state index contributed by atoms with van der Waals surface area (Å²) >= 11 is 2.58. The average Bonchev–Trinajstić information content (AvgIpc) is 3.96. The summed E-state index contributed by atoms with van der Waals surface area (Å²) in [5.41, 5.74) is -0.141. The van der Waals surface area contributed by atoms with Crippen molar-refractivity contribution in [1.82, 2.24) is 30.1 Å². The number of carbonyl (C=O) groups is 6. The third kappa shape index (κ3) is 9.30. The number of carboxylic acid groups (broad SMARTS) is 1. The highest BCUT2D eigenvalue weighted by molar-refractivity contribution is 7.10. The molecule has 2 saturated heterocycles. The first-order chi connectivity index (χ1) is 24.1. The molecule has 0 aliphatic carbocycles. The summed E-state index contributed by atoms with van der Waals surface area (Å²) in [5, 5.41) is 16.2. The number of likely N-dealkylation sites (tertiary alicyclic amines) is 2. The average molecular weight is 739 g/mol. The smallest absolute Gasteiger partial charge is 0.355 e. The third-order valence-corrected chi connectivity index (χ3v) is 11.5. The molecule has 0 unspecified atom stereocenters. The van der Waals surface area contributed by atoms with Gasteiger partial charge in [0.1, 0.15) is 15.7 Å². The molecular weight excluding hydrogens is 693 g/mol. The fraction of sp³-hybridized carbons (Fsp3) is 0.528. The Morgan fingerprint density at radius 1 is 0.824 bits per heavy atom. The number of hydrogen-bond donors (Lipinski definition) is 2. The highest BCUT2D eigenvalue weighted by Crippen LogP contribution is 2.37. The lowest BCUT2D eigenvalue weighted by Gasteiger charge is -2.27. The van der Waals surface area contributed by atoms with Crippen LogP contribution in [0.5, 0.6) is 0 Å². The van der Waals surface area contributed by atoms with Gasteiger partial charge in [-0.2, -0.15) is 0 Å². The van der Waals surface area contributed by atoms with Gasteiger partial charge in [0, 0.05) is 53.6 Å². The van der Waals surface area contributed by atoms with Crippen LogP contribution in [0, 0.1) is 10.8 Å². The van der Waals surface area contributed by atoms with Crippen molar-refractivity contribution in [1.29, 1.82) is 0 Å². The van der Waals surface area contributed by atoms with Crippen LogP contribution < -0.4 is 5.32 Å². The topological polar surface area (TPSA) is 180 Å². The Hall–Kier alpha value is -4.37. The maximum atomic E-state index is 12.8. The van der Waals surface area contributed by atoms with Crippen molar-refractivity contribution in [2.45, 2.75) is 98.7 Å². The van der Waals surface area contributed by atoms with Crippen LogP contribution >= 0.6 is 22.7 Å².